The molecule has 0 radical (unpaired) electrons. The van der Waals surface area contributed by atoms with Crippen LogP contribution in [-0.2, 0) is 51.7 Å². The Bertz CT molecular complexity index is 749. The Balaban J connectivity index is 3.56. The zero-order valence-electron chi connectivity index (χ0n) is 19.5. The smallest absolute Gasteiger partial charge is 0.361 e. The van der Waals surface area contributed by atoms with E-state index in [1.165, 1.54) is 13.8 Å². The number of esters is 3. The lowest BCUT2D eigenvalue weighted by molar-refractivity contribution is -0.231. The topological polar surface area (TPSA) is 173 Å². The number of nitrogens with one attached hydrogen (secondary N) is 1. The summed E-state index contributed by atoms with van der Waals surface area (Å²) in [4.78, 5) is 46.9. The Labute approximate surface area is 191 Å². The van der Waals surface area contributed by atoms with Gasteiger partial charge in [0, 0.05) is 27.7 Å². The summed E-state index contributed by atoms with van der Waals surface area (Å²) in [6.07, 6.45) is -5.54. The highest BCUT2D eigenvalue weighted by Gasteiger charge is 2.56. The van der Waals surface area contributed by atoms with Crippen LogP contribution >= 0.6 is 7.60 Å². The molecule has 0 aromatic rings. The second-order valence-electron chi connectivity index (χ2n) is 7.11. The molecule has 6 atom stereocenters. The van der Waals surface area contributed by atoms with Gasteiger partial charge < -0.3 is 38.4 Å². The summed E-state index contributed by atoms with van der Waals surface area (Å²) in [5.41, 5.74) is 0. The van der Waals surface area contributed by atoms with E-state index in [4.69, 9.17) is 28.0 Å². The lowest BCUT2D eigenvalue weighted by Gasteiger charge is -2.47. The second-order valence-corrected chi connectivity index (χ2v) is 9.23. The van der Waals surface area contributed by atoms with E-state index in [-0.39, 0.29) is 13.2 Å². The number of aliphatic hydroxyl groups excluding tert-OH is 1. The van der Waals surface area contributed by atoms with Crippen molar-refractivity contribution in [2.24, 2.45) is 0 Å². The normalized spacial score (nSPS) is 26.1. The van der Waals surface area contributed by atoms with E-state index < -0.39 is 74.3 Å². The average molecular weight is 497 g/mol. The molecule has 0 aliphatic carbocycles. The van der Waals surface area contributed by atoms with Crippen molar-refractivity contribution < 1.29 is 56.8 Å². The Morgan fingerprint density at radius 2 is 1.45 bits per heavy atom. The van der Waals surface area contributed by atoms with E-state index in [9.17, 15) is 28.8 Å². The fourth-order valence-electron chi connectivity index (χ4n) is 3.35. The molecule has 0 aromatic carbocycles. The average Bonchev–Trinajstić information content (AvgIpc) is 2.68. The van der Waals surface area contributed by atoms with Crippen LogP contribution in [0.1, 0.15) is 41.5 Å². The number of aliphatic hydroxyl groups is 1. The van der Waals surface area contributed by atoms with Crippen LogP contribution in [0.2, 0.25) is 0 Å². The van der Waals surface area contributed by atoms with Crippen molar-refractivity contribution >= 4 is 31.4 Å². The molecule has 1 fully saturated rings. The van der Waals surface area contributed by atoms with E-state index in [1.54, 1.807) is 0 Å². The van der Waals surface area contributed by atoms with Crippen molar-refractivity contribution in [2.75, 3.05) is 19.8 Å². The highest BCUT2D eigenvalue weighted by Crippen LogP contribution is 2.54. The van der Waals surface area contributed by atoms with E-state index >= 15 is 0 Å². The molecule has 190 valence electrons. The maximum atomic E-state index is 13.2. The number of carbonyl (C=O) groups is 4. The van der Waals surface area contributed by atoms with Crippen LogP contribution in [0.15, 0.2) is 0 Å². The Hall–Kier alpha value is -2.05. The predicted octanol–water partition coefficient (Wildman–Crippen LogP) is 0.270. The molecule has 0 aromatic heterocycles. The summed E-state index contributed by atoms with van der Waals surface area (Å²) in [7, 11) is -4.21. The molecule has 2 N–H and O–H groups in total. The van der Waals surface area contributed by atoms with Crippen molar-refractivity contribution in [1.82, 2.24) is 5.32 Å². The SMILES string of the molecule is CCOP(=O)(OCC)C(O)[C@H]1OC(COC(C)=O)[C@@H](OC(C)=O)C(OC(C)=O)C1NC(C)=O. The monoisotopic (exact) mass is 497 g/mol. The van der Waals surface area contributed by atoms with Crippen molar-refractivity contribution in [3.8, 4) is 0 Å². The number of amides is 1. The van der Waals surface area contributed by atoms with Crippen LogP contribution < -0.4 is 5.32 Å². The van der Waals surface area contributed by atoms with Gasteiger partial charge >= 0.3 is 25.5 Å². The largest absolute Gasteiger partial charge is 0.463 e. The molecule has 0 bridgehead atoms. The molecule has 1 aliphatic heterocycles. The first-order chi connectivity index (χ1) is 15.4. The summed E-state index contributed by atoms with van der Waals surface area (Å²) in [6.45, 7) is 6.93. The molecule has 1 heterocycles. The highest BCUT2D eigenvalue weighted by molar-refractivity contribution is 7.54. The molecule has 0 spiro atoms. The van der Waals surface area contributed by atoms with Crippen molar-refractivity contribution in [3.63, 3.8) is 0 Å². The fourth-order valence-corrected chi connectivity index (χ4v) is 5.07. The zero-order chi connectivity index (χ0) is 25.3. The first-order valence-corrected chi connectivity index (χ1v) is 11.9. The van der Waals surface area contributed by atoms with Crippen LogP contribution in [0, 0.1) is 0 Å². The standard InChI is InChI=1S/C19H32NO12P/c1-7-28-33(26,29-8-2)19(25)18-15(20-10(3)21)17(31-13(6)24)16(30-12(5)23)14(32-18)9-27-11(4)22/h14-19,25H,7-9H2,1-6H3,(H,20,21)/t14?,15?,16-,17?,18+,19?/m1/s1. The number of rotatable bonds is 11. The number of carbonyl (C=O) groups excluding carboxylic acids is 4. The van der Waals surface area contributed by atoms with Crippen molar-refractivity contribution in [2.45, 2.75) is 77.8 Å². The van der Waals surface area contributed by atoms with Crippen LogP contribution in [0.3, 0.4) is 0 Å². The van der Waals surface area contributed by atoms with Crippen molar-refractivity contribution in [3.05, 3.63) is 0 Å². The maximum Gasteiger partial charge on any atom is 0.361 e. The van der Waals surface area contributed by atoms with Gasteiger partial charge in [0.2, 0.25) is 5.91 Å². The summed E-state index contributed by atoms with van der Waals surface area (Å²) in [6, 6.07) is -1.34. The van der Waals surface area contributed by atoms with Gasteiger partial charge in [0.25, 0.3) is 0 Å². The van der Waals surface area contributed by atoms with Crippen LogP contribution in [0.5, 0.6) is 0 Å². The molecular formula is C19H32NO12P. The van der Waals surface area contributed by atoms with Crippen LogP contribution in [0.25, 0.3) is 0 Å². The van der Waals surface area contributed by atoms with Gasteiger partial charge in [-0.25, -0.2) is 0 Å². The van der Waals surface area contributed by atoms with Crippen LogP contribution in [0.4, 0.5) is 0 Å². The minimum Gasteiger partial charge on any atom is -0.463 e. The number of ether oxygens (including phenoxy) is 4. The predicted molar refractivity (Wildman–Crippen MR) is 111 cm³/mol. The fraction of sp³-hybridized carbons (Fsp3) is 0.789. The molecule has 1 aliphatic rings. The van der Waals surface area contributed by atoms with Gasteiger partial charge in [-0.3, -0.25) is 23.7 Å². The molecule has 1 saturated heterocycles. The first-order valence-electron chi connectivity index (χ1n) is 10.3. The Kier molecular flexibility index (Phi) is 11.4. The molecule has 0 saturated carbocycles. The summed E-state index contributed by atoms with van der Waals surface area (Å²) < 4.78 is 45.0. The van der Waals surface area contributed by atoms with Gasteiger partial charge in [0.15, 0.2) is 18.1 Å². The first kappa shape index (κ1) is 29.0. The second kappa shape index (κ2) is 13.0. The van der Waals surface area contributed by atoms with E-state index in [1.807, 2.05) is 0 Å². The van der Waals surface area contributed by atoms with Gasteiger partial charge in [-0.1, -0.05) is 0 Å². The molecule has 1 amide bonds. The van der Waals surface area contributed by atoms with Gasteiger partial charge in [0.05, 0.1) is 19.3 Å². The molecule has 1 rings (SSSR count). The van der Waals surface area contributed by atoms with Gasteiger partial charge in [-0.15, -0.1) is 0 Å². The molecule has 13 nitrogen and oxygen atoms in total. The minimum absolute atomic E-state index is 0.0772. The Morgan fingerprint density at radius 1 is 0.939 bits per heavy atom. The maximum absolute atomic E-state index is 13.2. The summed E-state index contributed by atoms with van der Waals surface area (Å²) in [5, 5.41) is 13.5. The van der Waals surface area contributed by atoms with Gasteiger partial charge in [-0.05, 0) is 13.8 Å². The summed E-state index contributed by atoms with van der Waals surface area (Å²) >= 11 is 0. The third-order valence-electron chi connectivity index (χ3n) is 4.39. The van der Waals surface area contributed by atoms with Crippen molar-refractivity contribution in [1.29, 1.82) is 0 Å². The van der Waals surface area contributed by atoms with E-state index in [0.29, 0.717) is 0 Å². The minimum atomic E-state index is -4.21. The van der Waals surface area contributed by atoms with E-state index in [0.717, 1.165) is 27.7 Å². The highest BCUT2D eigenvalue weighted by atomic mass is 31.2. The summed E-state index contributed by atoms with van der Waals surface area (Å²) in [5.74, 6) is -4.82. The lowest BCUT2D eigenvalue weighted by Crippen LogP contribution is -2.68. The number of hydrogen-bond donors (Lipinski definition) is 2. The zero-order valence-corrected chi connectivity index (χ0v) is 20.4. The quantitative estimate of drug-likeness (QED) is 0.227. The van der Waals surface area contributed by atoms with Crippen LogP contribution in [-0.4, -0.2) is 85.0 Å². The third kappa shape index (κ3) is 8.35. The van der Waals surface area contributed by atoms with E-state index in [2.05, 4.69) is 5.32 Å². The molecule has 33 heavy (non-hydrogen) atoms. The Morgan fingerprint density at radius 3 is 1.88 bits per heavy atom. The lowest BCUT2D eigenvalue weighted by atomic mass is 9.92. The number of hydrogen-bond acceptors (Lipinski definition) is 12. The van der Waals surface area contributed by atoms with Gasteiger partial charge in [0.1, 0.15) is 18.8 Å². The molecular weight excluding hydrogens is 465 g/mol. The van der Waals surface area contributed by atoms with Gasteiger partial charge in [-0.2, -0.15) is 0 Å². The third-order valence-corrected chi connectivity index (χ3v) is 6.57. The molecule has 4 unspecified atom stereocenters. The molecule has 14 heteroatoms.